The summed E-state index contributed by atoms with van der Waals surface area (Å²) in [5.41, 5.74) is -0.265. The molecule has 39 heavy (non-hydrogen) atoms. The first-order valence-corrected chi connectivity index (χ1v) is 12.8. The van der Waals surface area contributed by atoms with Crippen LogP contribution in [0.3, 0.4) is 0 Å². The van der Waals surface area contributed by atoms with Crippen molar-refractivity contribution in [3.8, 4) is 5.75 Å². The Labute approximate surface area is 225 Å². The molecule has 1 aromatic carbocycles. The molecule has 0 bridgehead atoms. The molecule has 4 rings (SSSR count). The van der Waals surface area contributed by atoms with E-state index in [1.54, 1.807) is 42.6 Å². The summed E-state index contributed by atoms with van der Waals surface area (Å²) in [6.45, 7) is 4.64. The maximum atomic E-state index is 13.1. The first kappa shape index (κ1) is 28.0. The summed E-state index contributed by atoms with van der Waals surface area (Å²) in [7, 11) is 0. The zero-order chi connectivity index (χ0) is 27.8. The number of nitrogens with zero attached hydrogens (tertiary/aromatic N) is 3. The van der Waals surface area contributed by atoms with E-state index in [1.807, 2.05) is 0 Å². The second kappa shape index (κ2) is 12.7. The lowest BCUT2D eigenvalue weighted by molar-refractivity contribution is 0.101. The van der Waals surface area contributed by atoms with Crippen LogP contribution in [0.2, 0.25) is 0 Å². The highest BCUT2D eigenvalue weighted by Gasteiger charge is 2.32. The van der Waals surface area contributed by atoms with E-state index >= 15 is 0 Å². The molecule has 10 nitrogen and oxygen atoms in total. The van der Waals surface area contributed by atoms with Crippen LogP contribution < -0.4 is 20.7 Å². The second-order valence-electron chi connectivity index (χ2n) is 9.65. The van der Waals surface area contributed by atoms with Gasteiger partial charge in [0.25, 0.3) is 5.91 Å². The predicted octanol–water partition coefficient (Wildman–Crippen LogP) is 5.03. The van der Waals surface area contributed by atoms with Crippen LogP contribution in [-0.4, -0.2) is 66.1 Å². The number of amides is 3. The van der Waals surface area contributed by atoms with Gasteiger partial charge in [-0.2, -0.15) is 0 Å². The van der Waals surface area contributed by atoms with Crippen molar-refractivity contribution in [3.63, 3.8) is 0 Å². The minimum absolute atomic E-state index is 0.00719. The second-order valence-corrected chi connectivity index (χ2v) is 9.65. The fourth-order valence-corrected chi connectivity index (χ4v) is 4.02. The lowest BCUT2D eigenvalue weighted by Gasteiger charge is -2.31. The minimum atomic E-state index is -1.46. The number of hydrogen-bond donors (Lipinski definition) is 3. The first-order chi connectivity index (χ1) is 18.8. The number of piperidine rings is 1. The Kier molecular flexibility index (Phi) is 9.07. The van der Waals surface area contributed by atoms with Gasteiger partial charge in [0.05, 0.1) is 11.6 Å². The number of benzene rings is 1. The number of likely N-dealkylation sites (tertiary alicyclic amines) is 1. The summed E-state index contributed by atoms with van der Waals surface area (Å²) in [5, 5.41) is 11.4. The zero-order valence-electron chi connectivity index (χ0n) is 21.9. The quantitative estimate of drug-likeness (QED) is 0.329. The fourth-order valence-electron chi connectivity index (χ4n) is 4.02. The molecule has 1 fully saturated rings. The van der Waals surface area contributed by atoms with Crippen molar-refractivity contribution < 1.29 is 27.6 Å². The average Bonchev–Trinajstić information content (AvgIpc) is 3.43. The van der Waals surface area contributed by atoms with Gasteiger partial charge < -0.3 is 24.8 Å². The molecule has 3 amide bonds. The van der Waals surface area contributed by atoms with Gasteiger partial charge in [-0.3, -0.25) is 10.1 Å². The maximum absolute atomic E-state index is 13.1. The van der Waals surface area contributed by atoms with Crippen LogP contribution in [0.1, 0.15) is 42.9 Å². The number of ether oxygens (including phenoxy) is 1. The van der Waals surface area contributed by atoms with Gasteiger partial charge in [-0.15, -0.1) is 0 Å². The van der Waals surface area contributed by atoms with Gasteiger partial charge in [-0.05, 0) is 62.7 Å². The van der Waals surface area contributed by atoms with E-state index in [2.05, 4.69) is 37.9 Å². The summed E-state index contributed by atoms with van der Waals surface area (Å²) in [5.74, 6) is 0.264. The molecule has 0 spiro atoms. The summed E-state index contributed by atoms with van der Waals surface area (Å²) >= 11 is 0. The van der Waals surface area contributed by atoms with Crippen molar-refractivity contribution >= 4 is 29.1 Å². The van der Waals surface area contributed by atoms with E-state index < -0.39 is 24.8 Å². The number of urea groups is 1. The van der Waals surface area contributed by atoms with E-state index in [-0.39, 0.29) is 29.3 Å². The standard InChI is InChI=1S/C27H32F2N6O4/c1-3-35-12-10-20(11-13-35)38-21-8-9-22(30-15-21)25(36)31-18-4-6-19(7-5-18)32-26(37)33-24-14-23(39-34-24)27(2,16-28)17-29/h4-9,14-15,20H,3,10-13,16-17H2,1-2H3,(H,31,36)(H2,32,33,34,37). The molecule has 3 heterocycles. The van der Waals surface area contributed by atoms with Gasteiger partial charge >= 0.3 is 6.03 Å². The number of rotatable bonds is 10. The number of halogens is 2. The van der Waals surface area contributed by atoms with Crippen LogP contribution >= 0.6 is 0 Å². The van der Waals surface area contributed by atoms with Crippen molar-refractivity contribution in [2.24, 2.45) is 0 Å². The smallest absolute Gasteiger partial charge is 0.324 e. The SMILES string of the molecule is CCN1CCC(Oc2ccc(C(=O)Nc3ccc(NC(=O)Nc4cc(C(C)(CF)CF)on4)cc3)nc2)CC1. The highest BCUT2D eigenvalue weighted by Crippen LogP contribution is 2.27. The fraction of sp³-hybridized carbons (Fsp3) is 0.407. The Morgan fingerprint density at radius 2 is 1.72 bits per heavy atom. The molecule has 1 aliphatic rings. The Morgan fingerprint density at radius 3 is 2.31 bits per heavy atom. The molecule has 12 heteroatoms. The molecule has 3 aromatic rings. The van der Waals surface area contributed by atoms with Crippen molar-refractivity contribution in [2.75, 3.05) is 48.9 Å². The van der Waals surface area contributed by atoms with E-state index in [9.17, 15) is 18.4 Å². The third-order valence-electron chi connectivity index (χ3n) is 6.59. The Balaban J connectivity index is 1.25. The van der Waals surface area contributed by atoms with E-state index in [0.29, 0.717) is 17.1 Å². The molecule has 0 atom stereocenters. The number of pyridine rings is 1. The van der Waals surface area contributed by atoms with Crippen molar-refractivity contribution in [1.82, 2.24) is 15.0 Å². The lowest BCUT2D eigenvalue weighted by Crippen LogP contribution is -2.38. The van der Waals surface area contributed by atoms with Crippen molar-refractivity contribution in [2.45, 2.75) is 38.2 Å². The van der Waals surface area contributed by atoms with E-state index in [1.165, 1.54) is 13.0 Å². The highest BCUT2D eigenvalue weighted by molar-refractivity contribution is 6.03. The summed E-state index contributed by atoms with van der Waals surface area (Å²) in [4.78, 5) is 31.5. The number of alkyl halides is 2. The third kappa shape index (κ3) is 7.29. The van der Waals surface area contributed by atoms with Crippen LogP contribution in [0.5, 0.6) is 5.75 Å². The van der Waals surface area contributed by atoms with Crippen LogP contribution in [0.15, 0.2) is 53.2 Å². The minimum Gasteiger partial charge on any atom is -0.489 e. The molecule has 1 aliphatic heterocycles. The van der Waals surface area contributed by atoms with Gasteiger partial charge in [0.2, 0.25) is 0 Å². The zero-order valence-corrected chi connectivity index (χ0v) is 21.9. The van der Waals surface area contributed by atoms with E-state index in [0.717, 1.165) is 32.5 Å². The highest BCUT2D eigenvalue weighted by atomic mass is 19.1. The van der Waals surface area contributed by atoms with Crippen LogP contribution in [0.4, 0.5) is 30.8 Å². The monoisotopic (exact) mass is 542 g/mol. The largest absolute Gasteiger partial charge is 0.489 e. The molecular formula is C27H32F2N6O4. The summed E-state index contributed by atoms with van der Waals surface area (Å²) in [6.07, 6.45) is 3.63. The lowest BCUT2D eigenvalue weighted by atomic mass is 9.91. The molecule has 0 aliphatic carbocycles. The Bertz CT molecular complexity index is 1240. The van der Waals surface area contributed by atoms with Gasteiger partial charge in [0.1, 0.15) is 36.7 Å². The molecule has 3 N–H and O–H groups in total. The van der Waals surface area contributed by atoms with Crippen LogP contribution in [-0.2, 0) is 5.41 Å². The van der Waals surface area contributed by atoms with Gasteiger partial charge in [0, 0.05) is 30.5 Å². The van der Waals surface area contributed by atoms with Gasteiger partial charge in [-0.1, -0.05) is 12.1 Å². The molecule has 0 unspecified atom stereocenters. The molecule has 2 aromatic heterocycles. The van der Waals surface area contributed by atoms with Crippen molar-refractivity contribution in [3.05, 3.63) is 60.1 Å². The van der Waals surface area contributed by atoms with Gasteiger partial charge in [-0.25, -0.2) is 18.6 Å². The number of anilines is 3. The number of carbonyl (C=O) groups excluding carboxylic acids is 2. The summed E-state index contributed by atoms with van der Waals surface area (Å²) < 4.78 is 37.3. The predicted molar refractivity (Wildman–Crippen MR) is 143 cm³/mol. The number of hydrogen-bond acceptors (Lipinski definition) is 7. The van der Waals surface area contributed by atoms with Crippen molar-refractivity contribution in [1.29, 1.82) is 0 Å². The van der Waals surface area contributed by atoms with E-state index in [4.69, 9.17) is 9.26 Å². The maximum Gasteiger partial charge on any atom is 0.324 e. The molecule has 208 valence electrons. The average molecular weight is 543 g/mol. The normalized spacial score (nSPS) is 14.6. The number of nitrogens with one attached hydrogen (secondary N) is 3. The number of aromatic nitrogens is 2. The molecule has 0 saturated carbocycles. The number of carbonyl (C=O) groups is 2. The summed E-state index contributed by atoms with van der Waals surface area (Å²) in [6, 6.07) is 10.4. The topological polar surface area (TPSA) is 122 Å². The third-order valence-corrected chi connectivity index (χ3v) is 6.59. The Morgan fingerprint density at radius 1 is 1.05 bits per heavy atom. The van der Waals surface area contributed by atoms with Crippen LogP contribution in [0.25, 0.3) is 0 Å². The van der Waals surface area contributed by atoms with Crippen LogP contribution in [0, 0.1) is 0 Å². The molecule has 0 radical (unpaired) electrons. The Hall–Kier alpha value is -4.06. The molecular weight excluding hydrogens is 510 g/mol. The first-order valence-electron chi connectivity index (χ1n) is 12.8. The molecule has 1 saturated heterocycles. The van der Waals surface area contributed by atoms with Gasteiger partial charge in [0.15, 0.2) is 5.82 Å².